The lowest BCUT2D eigenvalue weighted by molar-refractivity contribution is 0.282. The van der Waals surface area contributed by atoms with Crippen LogP contribution in [0.1, 0.15) is 45.6 Å². The van der Waals surface area contributed by atoms with Gasteiger partial charge in [-0.05, 0) is 24.0 Å². The number of thiophene rings is 1. The number of hydrogen-bond acceptors (Lipinski definition) is 3. The van der Waals surface area contributed by atoms with Crippen molar-refractivity contribution >= 4 is 11.3 Å². The van der Waals surface area contributed by atoms with Crippen LogP contribution in [0.15, 0.2) is 12.2 Å². The molecular weight excluding hydrogens is 208 g/mol. The van der Waals surface area contributed by atoms with E-state index in [1.165, 1.54) is 24.0 Å². The molecule has 3 aliphatic rings. The summed E-state index contributed by atoms with van der Waals surface area (Å²) in [7, 11) is 0. The second-order valence-electron chi connectivity index (χ2n) is 4.27. The third-order valence-electron chi connectivity index (χ3n) is 3.53. The van der Waals surface area contributed by atoms with Crippen LogP contribution in [-0.4, -0.2) is 10.2 Å². The quantitative estimate of drug-likeness (QED) is 0.754. The van der Waals surface area contributed by atoms with Crippen LogP contribution >= 0.6 is 11.3 Å². The molecule has 0 amide bonds. The largest absolute Gasteiger partial charge is 0.391 e. The minimum absolute atomic E-state index is 0.115. The van der Waals surface area contributed by atoms with Crippen molar-refractivity contribution < 1.29 is 10.2 Å². The van der Waals surface area contributed by atoms with Crippen LogP contribution in [0.3, 0.4) is 0 Å². The van der Waals surface area contributed by atoms with E-state index in [1.54, 1.807) is 11.3 Å². The van der Waals surface area contributed by atoms with Crippen molar-refractivity contribution in [3.8, 4) is 0 Å². The maximum absolute atomic E-state index is 9.34. The fourth-order valence-corrected chi connectivity index (χ4v) is 4.08. The van der Waals surface area contributed by atoms with Gasteiger partial charge in [0, 0.05) is 21.6 Å². The molecule has 0 spiro atoms. The summed E-state index contributed by atoms with van der Waals surface area (Å²) >= 11 is 1.58. The maximum Gasteiger partial charge on any atom is 0.0777 e. The monoisotopic (exact) mass is 222 g/mol. The van der Waals surface area contributed by atoms with Gasteiger partial charge in [0.05, 0.1) is 13.2 Å². The first kappa shape index (κ1) is 9.58. The average molecular weight is 222 g/mol. The molecule has 1 heterocycles. The highest BCUT2D eigenvalue weighted by molar-refractivity contribution is 7.12. The van der Waals surface area contributed by atoms with E-state index in [-0.39, 0.29) is 13.2 Å². The number of allylic oxidation sites excluding steroid dienone is 2. The zero-order valence-electron chi connectivity index (χ0n) is 8.44. The molecule has 0 fully saturated rings. The first-order valence-electron chi connectivity index (χ1n) is 5.39. The third kappa shape index (κ3) is 1.24. The number of aliphatic hydroxyl groups is 2. The third-order valence-corrected chi connectivity index (χ3v) is 4.72. The van der Waals surface area contributed by atoms with Gasteiger partial charge in [-0.15, -0.1) is 11.3 Å². The van der Waals surface area contributed by atoms with E-state index in [4.69, 9.17) is 0 Å². The first-order valence-corrected chi connectivity index (χ1v) is 6.21. The molecule has 2 bridgehead atoms. The van der Waals surface area contributed by atoms with Crippen molar-refractivity contribution in [1.29, 1.82) is 0 Å². The number of aliphatic hydroxyl groups excluding tert-OH is 2. The lowest BCUT2D eigenvalue weighted by atomic mass is 9.72. The number of rotatable bonds is 2. The summed E-state index contributed by atoms with van der Waals surface area (Å²) < 4.78 is 0. The van der Waals surface area contributed by atoms with Gasteiger partial charge < -0.3 is 10.2 Å². The molecule has 0 aromatic carbocycles. The van der Waals surface area contributed by atoms with Crippen LogP contribution in [0.2, 0.25) is 0 Å². The van der Waals surface area contributed by atoms with Gasteiger partial charge in [-0.25, -0.2) is 0 Å². The van der Waals surface area contributed by atoms with Crippen molar-refractivity contribution in [3.63, 3.8) is 0 Å². The molecule has 1 aromatic heterocycles. The van der Waals surface area contributed by atoms with Crippen molar-refractivity contribution in [2.75, 3.05) is 0 Å². The van der Waals surface area contributed by atoms with E-state index in [0.29, 0.717) is 11.8 Å². The highest BCUT2D eigenvalue weighted by atomic mass is 32.1. The molecule has 2 nitrogen and oxygen atoms in total. The molecule has 0 saturated heterocycles. The van der Waals surface area contributed by atoms with Gasteiger partial charge in [-0.2, -0.15) is 0 Å². The summed E-state index contributed by atoms with van der Waals surface area (Å²) in [6.07, 6.45) is 6.93. The van der Waals surface area contributed by atoms with Gasteiger partial charge in [0.15, 0.2) is 0 Å². The molecular formula is C12H14O2S. The Morgan fingerprint density at radius 2 is 1.47 bits per heavy atom. The van der Waals surface area contributed by atoms with Crippen LogP contribution in [0.25, 0.3) is 0 Å². The highest BCUT2D eigenvalue weighted by Gasteiger charge is 2.34. The maximum atomic E-state index is 9.34. The molecule has 80 valence electrons. The van der Waals surface area contributed by atoms with Crippen LogP contribution in [-0.2, 0) is 13.2 Å². The topological polar surface area (TPSA) is 40.5 Å². The Balaban J connectivity index is 2.20. The van der Waals surface area contributed by atoms with Crippen molar-refractivity contribution in [2.24, 2.45) is 0 Å². The Morgan fingerprint density at radius 1 is 1.00 bits per heavy atom. The summed E-state index contributed by atoms with van der Waals surface area (Å²) in [6.45, 7) is 0.230. The summed E-state index contributed by atoms with van der Waals surface area (Å²) in [5.74, 6) is 0.979. The molecule has 2 N–H and O–H groups in total. The van der Waals surface area contributed by atoms with E-state index in [2.05, 4.69) is 12.2 Å². The SMILES string of the molecule is OCc1sc(CO)c2c1C1C=CC2CC1. The summed E-state index contributed by atoms with van der Waals surface area (Å²) in [4.78, 5) is 2.13. The Kier molecular flexibility index (Phi) is 2.20. The molecule has 0 saturated carbocycles. The molecule has 3 heteroatoms. The number of hydrogen-bond donors (Lipinski definition) is 2. The normalized spacial score (nSPS) is 27.1. The van der Waals surface area contributed by atoms with Gasteiger partial charge in [-0.1, -0.05) is 12.2 Å². The van der Waals surface area contributed by atoms with Crippen molar-refractivity contribution in [1.82, 2.24) is 0 Å². The van der Waals surface area contributed by atoms with Crippen LogP contribution in [0, 0.1) is 0 Å². The van der Waals surface area contributed by atoms with E-state index < -0.39 is 0 Å². The lowest BCUT2D eigenvalue weighted by Crippen LogP contribution is -2.17. The van der Waals surface area contributed by atoms with Crippen LogP contribution in [0.5, 0.6) is 0 Å². The predicted molar refractivity (Wildman–Crippen MR) is 60.0 cm³/mol. The van der Waals surface area contributed by atoms with Gasteiger partial charge in [0.1, 0.15) is 0 Å². The van der Waals surface area contributed by atoms with Crippen LogP contribution in [0.4, 0.5) is 0 Å². The standard InChI is InChI=1S/C12H14O2S/c13-5-9-11-7-1-2-8(4-3-7)12(11)10(6-14)15-9/h1-2,7-8,13-14H,3-6H2. The van der Waals surface area contributed by atoms with Crippen molar-refractivity contribution in [3.05, 3.63) is 33.0 Å². The summed E-state index contributed by atoms with van der Waals surface area (Å²) in [6, 6.07) is 0. The lowest BCUT2D eigenvalue weighted by Gasteiger charge is -2.32. The fourth-order valence-electron chi connectivity index (χ4n) is 2.91. The molecule has 0 aliphatic heterocycles. The summed E-state index contributed by atoms with van der Waals surface area (Å²) in [5.41, 5.74) is 2.65. The average Bonchev–Trinajstić information content (AvgIpc) is 2.71. The molecule has 1 aromatic rings. The second kappa shape index (κ2) is 3.44. The van der Waals surface area contributed by atoms with E-state index in [1.807, 2.05) is 0 Å². The zero-order chi connectivity index (χ0) is 10.4. The Hall–Kier alpha value is -0.640. The van der Waals surface area contributed by atoms with E-state index in [0.717, 1.165) is 9.75 Å². The van der Waals surface area contributed by atoms with Crippen molar-refractivity contribution in [2.45, 2.75) is 37.9 Å². The summed E-state index contributed by atoms with van der Waals surface area (Å²) in [5, 5.41) is 18.7. The van der Waals surface area contributed by atoms with Gasteiger partial charge in [0.2, 0.25) is 0 Å². The Bertz CT molecular complexity index is 383. The van der Waals surface area contributed by atoms with Gasteiger partial charge in [0.25, 0.3) is 0 Å². The minimum atomic E-state index is 0.115. The van der Waals surface area contributed by atoms with E-state index >= 15 is 0 Å². The molecule has 2 atom stereocenters. The smallest absolute Gasteiger partial charge is 0.0777 e. The molecule has 3 aliphatic carbocycles. The van der Waals surface area contributed by atoms with Gasteiger partial charge >= 0.3 is 0 Å². The zero-order valence-corrected chi connectivity index (χ0v) is 9.26. The van der Waals surface area contributed by atoms with Crippen LogP contribution < -0.4 is 0 Å². The predicted octanol–water partition coefficient (Wildman–Crippen LogP) is 2.26. The second-order valence-corrected chi connectivity index (χ2v) is 5.46. The molecule has 0 radical (unpaired) electrons. The van der Waals surface area contributed by atoms with E-state index in [9.17, 15) is 10.2 Å². The fraction of sp³-hybridized carbons (Fsp3) is 0.500. The molecule has 15 heavy (non-hydrogen) atoms. The molecule has 2 unspecified atom stereocenters. The number of fused-ring (bicyclic) bond motifs is 1. The highest BCUT2D eigenvalue weighted by Crippen LogP contribution is 2.50. The first-order chi connectivity index (χ1) is 7.35. The Labute approximate surface area is 92.9 Å². The minimum Gasteiger partial charge on any atom is -0.391 e. The van der Waals surface area contributed by atoms with Gasteiger partial charge in [-0.3, -0.25) is 0 Å². The Morgan fingerprint density at radius 3 is 1.80 bits per heavy atom. The molecule has 4 rings (SSSR count).